The van der Waals surface area contributed by atoms with Crippen molar-refractivity contribution in [3.63, 3.8) is 0 Å². The van der Waals surface area contributed by atoms with E-state index in [1.165, 1.54) is 23.9 Å². The van der Waals surface area contributed by atoms with Crippen molar-refractivity contribution in [2.45, 2.75) is 5.16 Å². The molecule has 4 aromatic rings. The molecule has 0 saturated carbocycles. The first-order valence-corrected chi connectivity index (χ1v) is 10.8. The fraction of sp³-hybridized carbons (Fsp3) is 0.0417. The number of hydrogen-bond acceptors (Lipinski definition) is 4. The third-order valence-corrected chi connectivity index (χ3v) is 5.47. The van der Waals surface area contributed by atoms with Gasteiger partial charge in [-0.25, -0.2) is 9.37 Å². The van der Waals surface area contributed by atoms with Crippen molar-refractivity contribution < 1.29 is 14.0 Å². The molecule has 0 atom stereocenters. The van der Waals surface area contributed by atoms with E-state index >= 15 is 0 Å². The number of thioether (sulfide) groups is 1. The van der Waals surface area contributed by atoms with Crippen LogP contribution in [0.2, 0.25) is 0 Å². The minimum Gasteiger partial charge on any atom is -0.323 e. The SMILES string of the molecule is O=C(CSc1nccn1-c1cccc(C(=O)Nc2ccccc2)c1)Nc1ccccc1F. The first-order valence-electron chi connectivity index (χ1n) is 9.77. The summed E-state index contributed by atoms with van der Waals surface area (Å²) in [5.41, 5.74) is 2.08. The summed E-state index contributed by atoms with van der Waals surface area (Å²) in [7, 11) is 0. The van der Waals surface area contributed by atoms with Crippen LogP contribution in [0.4, 0.5) is 15.8 Å². The minimum atomic E-state index is -0.488. The molecule has 0 fully saturated rings. The Morgan fingerprint density at radius 3 is 2.53 bits per heavy atom. The number of rotatable bonds is 7. The first-order chi connectivity index (χ1) is 15.6. The summed E-state index contributed by atoms with van der Waals surface area (Å²) in [6.45, 7) is 0. The van der Waals surface area contributed by atoms with Gasteiger partial charge in [0, 0.05) is 29.3 Å². The van der Waals surface area contributed by atoms with E-state index in [4.69, 9.17) is 0 Å². The topological polar surface area (TPSA) is 76.0 Å². The molecule has 0 radical (unpaired) electrons. The zero-order valence-corrected chi connectivity index (χ0v) is 17.7. The molecule has 8 heteroatoms. The third kappa shape index (κ3) is 5.22. The van der Waals surface area contributed by atoms with Gasteiger partial charge >= 0.3 is 0 Å². The van der Waals surface area contributed by atoms with Gasteiger partial charge in [-0.2, -0.15) is 0 Å². The molecule has 2 amide bonds. The van der Waals surface area contributed by atoms with Crippen molar-refractivity contribution in [3.8, 4) is 5.69 Å². The van der Waals surface area contributed by atoms with E-state index in [1.807, 2.05) is 36.4 Å². The number of aromatic nitrogens is 2. The maximum Gasteiger partial charge on any atom is 0.255 e. The van der Waals surface area contributed by atoms with Gasteiger partial charge in [0.05, 0.1) is 11.4 Å². The van der Waals surface area contributed by atoms with Crippen molar-refractivity contribution in [1.82, 2.24) is 9.55 Å². The quantitative estimate of drug-likeness (QED) is 0.392. The number of para-hydroxylation sites is 2. The third-order valence-electron chi connectivity index (χ3n) is 4.51. The van der Waals surface area contributed by atoms with E-state index in [2.05, 4.69) is 15.6 Å². The predicted octanol–water partition coefficient (Wildman–Crippen LogP) is 4.99. The lowest BCUT2D eigenvalue weighted by Crippen LogP contribution is -2.15. The van der Waals surface area contributed by atoms with Gasteiger partial charge in [-0.3, -0.25) is 14.2 Å². The van der Waals surface area contributed by atoms with Crippen LogP contribution in [0, 0.1) is 5.82 Å². The largest absolute Gasteiger partial charge is 0.323 e. The van der Waals surface area contributed by atoms with Gasteiger partial charge in [0.1, 0.15) is 5.82 Å². The second kappa shape index (κ2) is 9.93. The Morgan fingerprint density at radius 1 is 0.938 bits per heavy atom. The van der Waals surface area contributed by atoms with E-state index in [9.17, 15) is 14.0 Å². The second-order valence-corrected chi connectivity index (χ2v) is 7.71. The Balaban J connectivity index is 1.44. The molecular weight excluding hydrogens is 427 g/mol. The van der Waals surface area contributed by atoms with E-state index in [-0.39, 0.29) is 23.3 Å². The monoisotopic (exact) mass is 446 g/mol. The molecule has 2 N–H and O–H groups in total. The summed E-state index contributed by atoms with van der Waals surface area (Å²) >= 11 is 1.22. The maximum atomic E-state index is 13.7. The molecule has 3 aromatic carbocycles. The van der Waals surface area contributed by atoms with Crippen molar-refractivity contribution >= 4 is 35.0 Å². The molecule has 0 aliphatic carbocycles. The lowest BCUT2D eigenvalue weighted by molar-refractivity contribution is -0.113. The van der Waals surface area contributed by atoms with Gasteiger partial charge in [-0.1, -0.05) is 48.2 Å². The zero-order valence-electron chi connectivity index (χ0n) is 16.9. The van der Waals surface area contributed by atoms with Gasteiger partial charge in [-0.15, -0.1) is 0 Å². The van der Waals surface area contributed by atoms with Gasteiger partial charge in [0.15, 0.2) is 5.16 Å². The molecule has 0 aliphatic heterocycles. The Bertz CT molecular complexity index is 1240. The lowest BCUT2D eigenvalue weighted by Gasteiger charge is -2.10. The predicted molar refractivity (Wildman–Crippen MR) is 124 cm³/mol. The average Bonchev–Trinajstić information content (AvgIpc) is 3.29. The van der Waals surface area contributed by atoms with Gasteiger partial charge in [0.2, 0.25) is 5.91 Å². The highest BCUT2D eigenvalue weighted by Gasteiger charge is 2.13. The smallest absolute Gasteiger partial charge is 0.255 e. The highest BCUT2D eigenvalue weighted by molar-refractivity contribution is 7.99. The van der Waals surface area contributed by atoms with Crippen molar-refractivity contribution in [2.24, 2.45) is 0 Å². The highest BCUT2D eigenvalue weighted by Crippen LogP contribution is 2.22. The number of amides is 2. The number of nitrogens with one attached hydrogen (secondary N) is 2. The molecule has 32 heavy (non-hydrogen) atoms. The Hall–Kier alpha value is -3.91. The zero-order chi connectivity index (χ0) is 22.3. The van der Waals surface area contributed by atoms with Crippen LogP contribution in [-0.4, -0.2) is 27.1 Å². The minimum absolute atomic E-state index is 0.0551. The molecule has 1 aromatic heterocycles. The van der Waals surface area contributed by atoms with Crippen LogP contribution >= 0.6 is 11.8 Å². The number of halogens is 1. The summed E-state index contributed by atoms with van der Waals surface area (Å²) in [6, 6.07) is 22.3. The van der Waals surface area contributed by atoms with E-state index in [1.54, 1.807) is 47.3 Å². The fourth-order valence-corrected chi connectivity index (χ4v) is 3.77. The lowest BCUT2D eigenvalue weighted by atomic mass is 10.2. The average molecular weight is 447 g/mol. The first kappa shape index (κ1) is 21.3. The van der Waals surface area contributed by atoms with Crippen molar-refractivity contribution in [1.29, 1.82) is 0 Å². The molecule has 160 valence electrons. The number of nitrogens with zero attached hydrogens (tertiary/aromatic N) is 2. The Labute approximate surface area is 188 Å². The van der Waals surface area contributed by atoms with Crippen molar-refractivity contribution in [3.05, 3.63) is 103 Å². The van der Waals surface area contributed by atoms with Crippen LogP contribution in [0.25, 0.3) is 5.69 Å². The number of imidazole rings is 1. The number of benzene rings is 3. The summed E-state index contributed by atoms with van der Waals surface area (Å²) in [4.78, 5) is 29.2. The second-order valence-electron chi connectivity index (χ2n) is 6.77. The van der Waals surface area contributed by atoms with Crippen LogP contribution in [0.15, 0.2) is 96.4 Å². The van der Waals surface area contributed by atoms with Crippen LogP contribution in [0.3, 0.4) is 0 Å². The molecule has 1 heterocycles. The maximum absolute atomic E-state index is 13.7. The number of carbonyl (C=O) groups excluding carboxylic acids is 2. The summed E-state index contributed by atoms with van der Waals surface area (Å²) in [5.74, 6) is -1.00. The molecule has 0 spiro atoms. The molecule has 4 rings (SSSR count). The van der Waals surface area contributed by atoms with Gasteiger partial charge < -0.3 is 10.6 Å². The molecule has 0 saturated heterocycles. The number of anilines is 2. The van der Waals surface area contributed by atoms with E-state index in [0.29, 0.717) is 16.4 Å². The van der Waals surface area contributed by atoms with E-state index in [0.717, 1.165) is 5.69 Å². The molecule has 0 unspecified atom stereocenters. The number of hydrogen-bond donors (Lipinski definition) is 2. The van der Waals surface area contributed by atoms with Crippen LogP contribution < -0.4 is 10.6 Å². The normalized spacial score (nSPS) is 10.5. The summed E-state index contributed by atoms with van der Waals surface area (Å²) < 4.78 is 15.5. The summed E-state index contributed by atoms with van der Waals surface area (Å²) in [5, 5.41) is 5.99. The Kier molecular flexibility index (Phi) is 6.62. The van der Waals surface area contributed by atoms with Crippen LogP contribution in [0.1, 0.15) is 10.4 Å². The van der Waals surface area contributed by atoms with Gasteiger partial charge in [-0.05, 0) is 42.5 Å². The number of carbonyl (C=O) groups is 2. The standard InChI is InChI=1S/C24H19FN4O2S/c25-20-11-4-5-12-21(20)28-22(30)16-32-24-26-13-14-29(24)19-10-6-7-17(15-19)23(31)27-18-8-2-1-3-9-18/h1-15H,16H2,(H,27,31)(H,28,30). The molecule has 6 nitrogen and oxygen atoms in total. The van der Waals surface area contributed by atoms with Crippen LogP contribution in [0.5, 0.6) is 0 Å². The molecule has 0 aliphatic rings. The Morgan fingerprint density at radius 2 is 1.72 bits per heavy atom. The van der Waals surface area contributed by atoms with Gasteiger partial charge in [0.25, 0.3) is 5.91 Å². The van der Waals surface area contributed by atoms with Crippen LogP contribution in [-0.2, 0) is 4.79 Å². The highest BCUT2D eigenvalue weighted by atomic mass is 32.2. The van der Waals surface area contributed by atoms with E-state index < -0.39 is 5.82 Å². The molecule has 0 bridgehead atoms. The summed E-state index contributed by atoms with van der Waals surface area (Å²) in [6.07, 6.45) is 3.37. The van der Waals surface area contributed by atoms with Crippen molar-refractivity contribution in [2.75, 3.05) is 16.4 Å². The molecular formula is C24H19FN4O2S. The fourth-order valence-electron chi connectivity index (χ4n) is 2.99.